The molecule has 0 radical (unpaired) electrons. The third-order valence-corrected chi connectivity index (χ3v) is 9.70. The van der Waals surface area contributed by atoms with Gasteiger partial charge in [0.05, 0.1) is 0 Å². The van der Waals surface area contributed by atoms with Gasteiger partial charge in [0, 0.05) is 37.0 Å². The molecule has 0 aliphatic heterocycles. The molecule has 2 fully saturated rings. The molecule has 1 aromatic rings. The van der Waals surface area contributed by atoms with Gasteiger partial charge in [-0.05, 0) is 111 Å². The van der Waals surface area contributed by atoms with Crippen molar-refractivity contribution < 1.29 is 9.59 Å². The maximum absolute atomic E-state index is 12.7. The molecule has 33 heavy (non-hydrogen) atoms. The van der Waals surface area contributed by atoms with E-state index in [-0.39, 0.29) is 23.0 Å². The topological polar surface area (TPSA) is 37.4 Å². The maximum atomic E-state index is 12.7. The molecule has 0 heterocycles. The van der Waals surface area contributed by atoms with Gasteiger partial charge in [-0.1, -0.05) is 24.6 Å². The van der Waals surface area contributed by atoms with Crippen LogP contribution in [0.4, 0.5) is 5.69 Å². The van der Waals surface area contributed by atoms with Crippen molar-refractivity contribution in [3.63, 3.8) is 0 Å². The Bertz CT molecular complexity index is 1010. The first kappa shape index (κ1) is 22.6. The molecule has 1 aromatic carbocycles. The summed E-state index contributed by atoms with van der Waals surface area (Å²) in [5, 5.41) is 0. The number of carbonyl (C=O) groups is 2. The highest BCUT2D eigenvalue weighted by Crippen LogP contribution is 2.63. The van der Waals surface area contributed by atoms with Crippen LogP contribution < -0.4 is 4.90 Å². The molecule has 5 rings (SSSR count). The van der Waals surface area contributed by atoms with E-state index in [2.05, 4.69) is 49.9 Å². The lowest BCUT2D eigenvalue weighted by Gasteiger charge is -2.49. The van der Waals surface area contributed by atoms with E-state index in [1.165, 1.54) is 28.8 Å². The molecule has 2 saturated carbocycles. The Morgan fingerprint density at radius 1 is 1.06 bits per heavy atom. The Balaban J connectivity index is 1.53. The molecule has 3 heteroatoms. The summed E-state index contributed by atoms with van der Waals surface area (Å²) in [6, 6.07) is 9.01. The summed E-state index contributed by atoms with van der Waals surface area (Å²) in [4.78, 5) is 27.5. The molecule has 0 spiro atoms. The Hall–Kier alpha value is -2.16. The molecule has 0 bridgehead atoms. The minimum atomic E-state index is 0.160. The first-order valence-electron chi connectivity index (χ1n) is 13.2. The minimum Gasteiger partial charge on any atom is -0.372 e. The van der Waals surface area contributed by atoms with Crippen molar-refractivity contribution in [2.24, 2.45) is 23.2 Å². The molecule has 4 aliphatic rings. The molecule has 0 amide bonds. The molecule has 0 unspecified atom stereocenters. The number of Topliss-reactive ketones (excluding diaryl/α,β-unsaturated/α-hetero) is 1. The van der Waals surface area contributed by atoms with Gasteiger partial charge in [0.25, 0.3) is 0 Å². The van der Waals surface area contributed by atoms with E-state index in [0.29, 0.717) is 24.0 Å². The zero-order valence-electron chi connectivity index (χ0n) is 20.8. The quantitative estimate of drug-likeness (QED) is 0.510. The Labute approximate surface area is 199 Å². The van der Waals surface area contributed by atoms with Crippen LogP contribution in [0.1, 0.15) is 84.1 Å². The molecule has 0 saturated heterocycles. The fraction of sp³-hybridized carbons (Fsp3) is 0.600. The first-order chi connectivity index (χ1) is 15.9. The van der Waals surface area contributed by atoms with Gasteiger partial charge >= 0.3 is 0 Å². The second-order valence-electron chi connectivity index (χ2n) is 11.1. The number of fused-ring (bicyclic) bond motifs is 4. The van der Waals surface area contributed by atoms with Crippen LogP contribution in [-0.4, -0.2) is 24.7 Å². The molecular formula is C30H39NO2. The summed E-state index contributed by atoms with van der Waals surface area (Å²) in [5.74, 6) is 2.31. The highest BCUT2D eigenvalue weighted by molar-refractivity contribution is 5.94. The third-order valence-electron chi connectivity index (χ3n) is 9.70. The Kier molecular flexibility index (Phi) is 5.87. The van der Waals surface area contributed by atoms with Gasteiger partial charge in [-0.25, -0.2) is 0 Å². The van der Waals surface area contributed by atoms with E-state index in [4.69, 9.17) is 0 Å². The Morgan fingerprint density at radius 2 is 1.79 bits per heavy atom. The summed E-state index contributed by atoms with van der Waals surface area (Å²) in [5.41, 5.74) is 7.14. The van der Waals surface area contributed by atoms with Crippen LogP contribution in [0.3, 0.4) is 0 Å². The largest absolute Gasteiger partial charge is 0.372 e. The second kappa shape index (κ2) is 8.56. The molecule has 4 aliphatic carbocycles. The number of hydrogen-bond acceptors (Lipinski definition) is 3. The van der Waals surface area contributed by atoms with Crippen LogP contribution in [0.25, 0.3) is 0 Å². The average molecular weight is 446 g/mol. The highest BCUT2D eigenvalue weighted by Gasteiger charge is 2.55. The fourth-order valence-corrected chi connectivity index (χ4v) is 8.09. The summed E-state index contributed by atoms with van der Waals surface area (Å²) >= 11 is 0. The number of anilines is 1. The normalized spacial score (nSPS) is 33.2. The lowest BCUT2D eigenvalue weighted by atomic mass is 9.54. The van der Waals surface area contributed by atoms with Crippen LogP contribution in [0, 0.1) is 23.2 Å². The summed E-state index contributed by atoms with van der Waals surface area (Å²) < 4.78 is 0. The van der Waals surface area contributed by atoms with Crippen LogP contribution >= 0.6 is 0 Å². The highest BCUT2D eigenvalue weighted by atomic mass is 16.1. The number of rotatable bonds is 5. The SMILES string of the molecule is CCN(CC)c1ccc([C@@H]2CC(=O)C=C3CC[C@@H]4C(=C32)CC[C@]2(C)[C@@H](C(C)=O)CC[C@@H]42)cc1. The van der Waals surface area contributed by atoms with Crippen LogP contribution in [-0.2, 0) is 9.59 Å². The van der Waals surface area contributed by atoms with Crippen LogP contribution in [0.2, 0.25) is 0 Å². The molecular weight excluding hydrogens is 406 g/mol. The lowest BCUT2D eigenvalue weighted by molar-refractivity contribution is -0.125. The minimum absolute atomic E-state index is 0.160. The van der Waals surface area contributed by atoms with Gasteiger partial charge in [0.15, 0.2) is 5.78 Å². The smallest absolute Gasteiger partial charge is 0.156 e. The number of allylic oxidation sites excluding steroid dienone is 4. The van der Waals surface area contributed by atoms with Gasteiger partial charge < -0.3 is 4.90 Å². The summed E-state index contributed by atoms with van der Waals surface area (Å²) in [7, 11) is 0. The van der Waals surface area contributed by atoms with E-state index >= 15 is 0 Å². The van der Waals surface area contributed by atoms with Crippen molar-refractivity contribution in [3.05, 3.63) is 52.6 Å². The van der Waals surface area contributed by atoms with Crippen molar-refractivity contribution >= 4 is 17.3 Å². The number of nitrogens with zero attached hydrogens (tertiary/aromatic N) is 1. The van der Waals surface area contributed by atoms with Crippen molar-refractivity contribution in [2.75, 3.05) is 18.0 Å². The van der Waals surface area contributed by atoms with Crippen molar-refractivity contribution in [1.29, 1.82) is 0 Å². The molecule has 0 aromatic heterocycles. The Morgan fingerprint density at radius 3 is 2.45 bits per heavy atom. The van der Waals surface area contributed by atoms with E-state index in [0.717, 1.165) is 45.2 Å². The van der Waals surface area contributed by atoms with E-state index in [1.54, 1.807) is 12.5 Å². The van der Waals surface area contributed by atoms with Gasteiger partial charge in [0.2, 0.25) is 0 Å². The zero-order chi connectivity index (χ0) is 23.3. The molecule has 176 valence electrons. The summed E-state index contributed by atoms with van der Waals surface area (Å²) in [6.07, 6.45) is 9.17. The van der Waals surface area contributed by atoms with Gasteiger partial charge in [-0.3, -0.25) is 9.59 Å². The van der Waals surface area contributed by atoms with Crippen molar-refractivity contribution in [1.82, 2.24) is 0 Å². The fourth-order valence-electron chi connectivity index (χ4n) is 8.09. The van der Waals surface area contributed by atoms with Crippen LogP contribution in [0.15, 0.2) is 47.1 Å². The molecule has 0 N–H and O–H groups in total. The van der Waals surface area contributed by atoms with Crippen molar-refractivity contribution in [2.45, 2.75) is 78.6 Å². The van der Waals surface area contributed by atoms with E-state index in [1.807, 2.05) is 6.08 Å². The summed E-state index contributed by atoms with van der Waals surface area (Å²) in [6.45, 7) is 10.6. The number of benzene rings is 1. The van der Waals surface area contributed by atoms with Gasteiger partial charge in [-0.2, -0.15) is 0 Å². The first-order valence-corrected chi connectivity index (χ1v) is 13.2. The number of ketones is 2. The van der Waals surface area contributed by atoms with Gasteiger partial charge in [-0.15, -0.1) is 0 Å². The monoisotopic (exact) mass is 445 g/mol. The van der Waals surface area contributed by atoms with Crippen LogP contribution in [0.5, 0.6) is 0 Å². The predicted molar refractivity (Wildman–Crippen MR) is 134 cm³/mol. The molecule has 5 atom stereocenters. The van der Waals surface area contributed by atoms with Crippen molar-refractivity contribution in [3.8, 4) is 0 Å². The second-order valence-corrected chi connectivity index (χ2v) is 11.1. The lowest BCUT2D eigenvalue weighted by Crippen LogP contribution is -2.42. The predicted octanol–water partition coefficient (Wildman–Crippen LogP) is 6.64. The standard InChI is InChI=1S/C30H39NO2/c1-5-31(6-2)22-10-7-20(8-11-22)26-18-23(33)17-21-9-12-24-25(29(21)26)15-16-30(4)27(19(3)32)13-14-28(24)30/h7-8,10-11,17,24,26-28H,5-6,9,12-16,18H2,1-4H3/t24-,26+,27-,28+,30-/m1/s1. The van der Waals surface area contributed by atoms with E-state index in [9.17, 15) is 9.59 Å². The third kappa shape index (κ3) is 3.63. The maximum Gasteiger partial charge on any atom is 0.156 e. The van der Waals surface area contributed by atoms with E-state index < -0.39 is 0 Å². The number of carbonyl (C=O) groups excluding carboxylic acids is 2. The van der Waals surface area contributed by atoms with Gasteiger partial charge in [0.1, 0.15) is 5.78 Å². The molecule has 3 nitrogen and oxygen atoms in total. The average Bonchev–Trinajstić information content (AvgIpc) is 3.17. The number of hydrogen-bond donors (Lipinski definition) is 0. The zero-order valence-corrected chi connectivity index (χ0v) is 20.8.